The second kappa shape index (κ2) is 4.30. The van der Waals surface area contributed by atoms with E-state index in [-0.39, 0.29) is 10.6 Å². The van der Waals surface area contributed by atoms with Crippen molar-refractivity contribution in [3.05, 3.63) is 24.3 Å². The number of hydrogen-bond donors (Lipinski definition) is 2. The molecule has 0 fully saturated rings. The summed E-state index contributed by atoms with van der Waals surface area (Å²) in [6.45, 7) is -1.32. The van der Waals surface area contributed by atoms with Crippen LogP contribution in [0.25, 0.3) is 0 Å². The fraction of sp³-hybridized carbons (Fsp3) is 0.250. The van der Waals surface area contributed by atoms with E-state index in [0.29, 0.717) is 0 Å². The molecule has 0 aromatic heterocycles. The van der Waals surface area contributed by atoms with Crippen molar-refractivity contribution in [2.45, 2.75) is 11.1 Å². The highest BCUT2D eigenvalue weighted by atomic mass is 32.2. The third-order valence-corrected chi connectivity index (χ3v) is 2.64. The van der Waals surface area contributed by atoms with Crippen LogP contribution in [0.15, 0.2) is 29.2 Å². The third-order valence-electron chi connectivity index (χ3n) is 1.67. The number of alkyl halides is 3. The minimum Gasteiger partial charge on any atom is -0.375 e. The van der Waals surface area contributed by atoms with E-state index in [9.17, 15) is 21.6 Å². The zero-order valence-electron chi connectivity index (χ0n) is 7.95. The first kappa shape index (κ1) is 12.8. The normalized spacial score (nSPS) is 12.5. The van der Waals surface area contributed by atoms with Crippen LogP contribution in [0, 0.1) is 0 Å². The van der Waals surface area contributed by atoms with Gasteiger partial charge in [-0.2, -0.15) is 13.2 Å². The molecular weight excluding hydrogens is 245 g/mol. The van der Waals surface area contributed by atoms with Gasteiger partial charge in [0.1, 0.15) is 11.4 Å². The fourth-order valence-electron chi connectivity index (χ4n) is 1.06. The van der Waals surface area contributed by atoms with Crippen molar-refractivity contribution in [2.24, 2.45) is 5.14 Å². The highest BCUT2D eigenvalue weighted by molar-refractivity contribution is 7.89. The Balaban J connectivity index is 2.97. The van der Waals surface area contributed by atoms with Gasteiger partial charge >= 0.3 is 6.18 Å². The third kappa shape index (κ3) is 3.70. The van der Waals surface area contributed by atoms with Gasteiger partial charge in [-0.25, -0.2) is 13.6 Å². The molecule has 0 aliphatic rings. The van der Waals surface area contributed by atoms with Gasteiger partial charge in [0.15, 0.2) is 0 Å². The van der Waals surface area contributed by atoms with Gasteiger partial charge in [-0.1, -0.05) is 12.1 Å². The first-order chi connectivity index (χ1) is 7.20. The molecule has 0 bridgehead atoms. The quantitative estimate of drug-likeness (QED) is 0.854. The summed E-state index contributed by atoms with van der Waals surface area (Å²) < 4.78 is 57.8. The molecule has 0 saturated heterocycles. The first-order valence-corrected chi connectivity index (χ1v) is 5.67. The molecule has 1 aromatic carbocycles. The number of halogens is 3. The highest BCUT2D eigenvalue weighted by Crippen LogP contribution is 2.22. The molecule has 0 heterocycles. The first-order valence-electron chi connectivity index (χ1n) is 4.12. The molecule has 0 unspecified atom stereocenters. The monoisotopic (exact) mass is 254 g/mol. The van der Waals surface area contributed by atoms with E-state index in [1.165, 1.54) is 18.2 Å². The number of hydrogen-bond acceptors (Lipinski definition) is 3. The van der Waals surface area contributed by atoms with Crippen molar-refractivity contribution >= 4 is 15.7 Å². The predicted octanol–water partition coefficient (Wildman–Crippen LogP) is 1.31. The molecule has 0 aliphatic heterocycles. The standard InChI is InChI=1S/C8H9F3N2O2S/c9-8(10,11)5-13-6-3-1-2-4-7(6)16(12,14)15/h1-4,13H,5H2,(H2,12,14,15). The second-order valence-electron chi connectivity index (χ2n) is 3.01. The molecular formula is C8H9F3N2O2S. The number of sulfonamides is 1. The molecule has 0 atom stereocenters. The van der Waals surface area contributed by atoms with Gasteiger partial charge in [0.05, 0.1) is 5.69 Å². The largest absolute Gasteiger partial charge is 0.405 e. The Hall–Kier alpha value is -1.28. The number of rotatable bonds is 3. The van der Waals surface area contributed by atoms with Gasteiger partial charge in [0.25, 0.3) is 0 Å². The van der Waals surface area contributed by atoms with Crippen LogP contribution in [0.5, 0.6) is 0 Å². The summed E-state index contributed by atoms with van der Waals surface area (Å²) in [7, 11) is -4.03. The van der Waals surface area contributed by atoms with E-state index in [0.717, 1.165) is 6.07 Å². The highest BCUT2D eigenvalue weighted by Gasteiger charge is 2.27. The van der Waals surface area contributed by atoms with Crippen molar-refractivity contribution in [3.63, 3.8) is 0 Å². The lowest BCUT2D eigenvalue weighted by molar-refractivity contribution is -0.115. The summed E-state index contributed by atoms with van der Waals surface area (Å²) >= 11 is 0. The maximum atomic E-state index is 11.9. The van der Waals surface area contributed by atoms with E-state index in [4.69, 9.17) is 5.14 Å². The predicted molar refractivity (Wildman–Crippen MR) is 52.4 cm³/mol. The molecule has 8 heteroatoms. The van der Waals surface area contributed by atoms with Crippen LogP contribution in [0.4, 0.5) is 18.9 Å². The maximum absolute atomic E-state index is 11.9. The summed E-state index contributed by atoms with van der Waals surface area (Å²) in [4.78, 5) is -0.362. The maximum Gasteiger partial charge on any atom is 0.405 e. The lowest BCUT2D eigenvalue weighted by Crippen LogP contribution is -2.23. The Morgan fingerprint density at radius 3 is 2.31 bits per heavy atom. The summed E-state index contributed by atoms with van der Waals surface area (Å²) in [6, 6.07) is 5.13. The van der Waals surface area contributed by atoms with Crippen molar-refractivity contribution in [1.82, 2.24) is 0 Å². The lowest BCUT2D eigenvalue weighted by atomic mass is 10.3. The zero-order valence-corrected chi connectivity index (χ0v) is 8.77. The zero-order chi connectivity index (χ0) is 12.4. The van der Waals surface area contributed by atoms with Gasteiger partial charge in [0.2, 0.25) is 10.0 Å². The smallest absolute Gasteiger partial charge is 0.375 e. The van der Waals surface area contributed by atoms with Crippen LogP contribution < -0.4 is 10.5 Å². The number of nitrogens with one attached hydrogen (secondary N) is 1. The Morgan fingerprint density at radius 1 is 1.25 bits per heavy atom. The van der Waals surface area contributed by atoms with Crippen molar-refractivity contribution in [1.29, 1.82) is 0 Å². The van der Waals surface area contributed by atoms with Crippen LogP contribution >= 0.6 is 0 Å². The number of primary sulfonamides is 1. The summed E-state index contributed by atoms with van der Waals surface area (Å²) in [5.74, 6) is 0. The minimum atomic E-state index is -4.43. The molecule has 90 valence electrons. The van der Waals surface area contributed by atoms with Gasteiger partial charge in [0, 0.05) is 0 Å². The Bertz CT molecular complexity index is 470. The molecule has 0 amide bonds. The van der Waals surface area contributed by atoms with E-state index >= 15 is 0 Å². The Morgan fingerprint density at radius 2 is 1.81 bits per heavy atom. The van der Waals surface area contributed by atoms with E-state index in [1.807, 2.05) is 5.32 Å². The average Bonchev–Trinajstić information content (AvgIpc) is 2.12. The molecule has 0 radical (unpaired) electrons. The summed E-state index contributed by atoms with van der Waals surface area (Å²) in [6.07, 6.45) is -4.43. The fourth-order valence-corrected chi connectivity index (χ4v) is 1.77. The van der Waals surface area contributed by atoms with E-state index in [1.54, 1.807) is 0 Å². The van der Waals surface area contributed by atoms with Gasteiger partial charge < -0.3 is 5.32 Å². The van der Waals surface area contributed by atoms with Crippen LogP contribution in [0.3, 0.4) is 0 Å². The van der Waals surface area contributed by atoms with Gasteiger partial charge in [-0.05, 0) is 12.1 Å². The molecule has 16 heavy (non-hydrogen) atoms. The van der Waals surface area contributed by atoms with E-state index in [2.05, 4.69) is 0 Å². The van der Waals surface area contributed by atoms with Gasteiger partial charge in [-0.15, -0.1) is 0 Å². The molecule has 0 aliphatic carbocycles. The molecule has 4 nitrogen and oxygen atoms in total. The van der Waals surface area contributed by atoms with Crippen LogP contribution in [0.1, 0.15) is 0 Å². The topological polar surface area (TPSA) is 72.2 Å². The second-order valence-corrected chi connectivity index (χ2v) is 4.54. The summed E-state index contributed by atoms with van der Waals surface area (Å²) in [5, 5.41) is 6.82. The molecule has 3 N–H and O–H groups in total. The number of nitrogens with two attached hydrogens (primary N) is 1. The molecule has 1 aromatic rings. The molecule has 0 spiro atoms. The van der Waals surface area contributed by atoms with E-state index < -0.39 is 22.7 Å². The summed E-state index contributed by atoms with van der Waals surface area (Å²) in [5.41, 5.74) is -0.165. The minimum absolute atomic E-state index is 0.165. The van der Waals surface area contributed by atoms with Crippen LogP contribution in [0.2, 0.25) is 0 Å². The SMILES string of the molecule is NS(=O)(=O)c1ccccc1NCC(F)(F)F. The van der Waals surface area contributed by atoms with Crippen LogP contribution in [-0.4, -0.2) is 21.1 Å². The van der Waals surface area contributed by atoms with Crippen LogP contribution in [-0.2, 0) is 10.0 Å². The van der Waals surface area contributed by atoms with Crippen molar-refractivity contribution in [3.8, 4) is 0 Å². The van der Waals surface area contributed by atoms with Crippen molar-refractivity contribution in [2.75, 3.05) is 11.9 Å². The Labute approximate surface area is 90.3 Å². The number of para-hydroxylation sites is 1. The Kier molecular flexibility index (Phi) is 3.44. The number of benzene rings is 1. The number of anilines is 1. The molecule has 1 rings (SSSR count). The lowest BCUT2D eigenvalue weighted by Gasteiger charge is -2.12. The average molecular weight is 254 g/mol. The van der Waals surface area contributed by atoms with Crippen molar-refractivity contribution < 1.29 is 21.6 Å². The van der Waals surface area contributed by atoms with Gasteiger partial charge in [-0.3, -0.25) is 0 Å². The molecule has 0 saturated carbocycles.